The minimum Gasteiger partial charge on any atom is -0.360 e. The van der Waals surface area contributed by atoms with Gasteiger partial charge in [0.05, 0.1) is 5.56 Å². The summed E-state index contributed by atoms with van der Waals surface area (Å²) in [5.74, 6) is -1.31. The van der Waals surface area contributed by atoms with Crippen molar-refractivity contribution in [3.63, 3.8) is 0 Å². The highest BCUT2D eigenvalue weighted by Crippen LogP contribution is 2.31. The predicted octanol–water partition coefficient (Wildman–Crippen LogP) is 6.38. The number of nitrogens with one attached hydrogen (secondary N) is 2. The third-order valence-electron chi connectivity index (χ3n) is 3.18. The molecule has 0 atom stereocenters. The van der Waals surface area contributed by atoms with Gasteiger partial charge in [-0.3, -0.25) is 0 Å². The maximum atomic E-state index is 13.7. The molecule has 3 rings (SSSR count). The number of benzene rings is 1. The Morgan fingerprint density at radius 2 is 1.77 bits per heavy atom. The van der Waals surface area contributed by atoms with Crippen LogP contribution in [0.4, 0.5) is 23.4 Å². The molecule has 0 spiro atoms. The molecule has 0 bridgehead atoms. The second kappa shape index (κ2) is 8.75. The molecule has 0 aliphatic rings. The molecule has 26 heavy (non-hydrogen) atoms. The summed E-state index contributed by atoms with van der Waals surface area (Å²) in [4.78, 5) is 7.31. The zero-order valence-corrected chi connectivity index (χ0v) is 14.9. The Hall–Kier alpha value is -2.48. The zero-order chi connectivity index (χ0) is 19.2. The third kappa shape index (κ3) is 5.01. The fraction of sp³-hybridized carbons (Fsp3) is 0.167. The van der Waals surface area contributed by atoms with Gasteiger partial charge in [-0.15, -0.1) is 0 Å². The molecule has 3 aromatic rings. The fourth-order valence-corrected chi connectivity index (χ4v) is 2.65. The minimum absolute atomic E-state index is 0.254. The van der Waals surface area contributed by atoms with E-state index in [2.05, 4.69) is 14.7 Å². The van der Waals surface area contributed by atoms with Gasteiger partial charge in [-0.2, -0.15) is 13.2 Å². The van der Waals surface area contributed by atoms with Gasteiger partial charge in [0, 0.05) is 23.0 Å². The molecular formula is C18H17F4N3S. The summed E-state index contributed by atoms with van der Waals surface area (Å²) in [5.41, 5.74) is 0.743. The number of aromatic amines is 1. The molecule has 8 heteroatoms. The molecule has 0 aliphatic heterocycles. The van der Waals surface area contributed by atoms with E-state index in [1.54, 1.807) is 6.20 Å². The normalized spacial score (nSPS) is 10.8. The number of aromatic nitrogens is 2. The Balaban J connectivity index is 0.00000117. The van der Waals surface area contributed by atoms with Crippen molar-refractivity contribution < 1.29 is 17.6 Å². The van der Waals surface area contributed by atoms with Crippen LogP contribution < -0.4 is 4.72 Å². The summed E-state index contributed by atoms with van der Waals surface area (Å²) in [6.45, 7) is 4.00. The standard InChI is InChI=1S/C16H11F4N3S.C2H6/c17-13-6-11(16(18,19)20)8-22-15(13)23-24-12-7-14(21-9-12)10-4-2-1-3-5-10;1-2/h1-9,21H,(H,22,23);1-2H3. The van der Waals surface area contributed by atoms with E-state index in [-0.39, 0.29) is 5.82 Å². The van der Waals surface area contributed by atoms with Crippen LogP contribution in [-0.4, -0.2) is 9.97 Å². The molecule has 0 unspecified atom stereocenters. The molecule has 2 N–H and O–H groups in total. The summed E-state index contributed by atoms with van der Waals surface area (Å²) in [6, 6.07) is 11.8. The van der Waals surface area contributed by atoms with Gasteiger partial charge in [-0.1, -0.05) is 44.2 Å². The van der Waals surface area contributed by atoms with E-state index in [4.69, 9.17) is 0 Å². The molecule has 0 amide bonds. The van der Waals surface area contributed by atoms with E-state index >= 15 is 0 Å². The number of hydrogen-bond acceptors (Lipinski definition) is 3. The summed E-state index contributed by atoms with van der Waals surface area (Å²) in [5, 5.41) is 0. The van der Waals surface area contributed by atoms with Crippen LogP contribution in [0, 0.1) is 5.82 Å². The lowest BCUT2D eigenvalue weighted by Gasteiger charge is -2.08. The van der Waals surface area contributed by atoms with Crippen molar-refractivity contribution in [2.45, 2.75) is 24.9 Å². The Bertz CT molecular complexity index is 832. The van der Waals surface area contributed by atoms with Crippen LogP contribution in [0.1, 0.15) is 19.4 Å². The molecule has 0 aliphatic carbocycles. The Morgan fingerprint density at radius 1 is 1.08 bits per heavy atom. The van der Waals surface area contributed by atoms with E-state index in [0.717, 1.165) is 28.1 Å². The molecule has 0 saturated heterocycles. The zero-order valence-electron chi connectivity index (χ0n) is 14.1. The van der Waals surface area contributed by atoms with Gasteiger partial charge in [-0.05, 0) is 29.6 Å². The van der Waals surface area contributed by atoms with Crippen LogP contribution in [0.3, 0.4) is 0 Å². The molecule has 1 aromatic carbocycles. The van der Waals surface area contributed by atoms with Gasteiger partial charge in [0.25, 0.3) is 0 Å². The third-order valence-corrected chi connectivity index (χ3v) is 3.94. The lowest BCUT2D eigenvalue weighted by atomic mass is 10.2. The highest BCUT2D eigenvalue weighted by Gasteiger charge is 2.31. The van der Waals surface area contributed by atoms with Crippen LogP contribution in [0.2, 0.25) is 0 Å². The average molecular weight is 383 g/mol. The van der Waals surface area contributed by atoms with Gasteiger partial charge in [0.1, 0.15) is 0 Å². The topological polar surface area (TPSA) is 40.7 Å². The number of alkyl halides is 3. The Morgan fingerprint density at radius 3 is 2.38 bits per heavy atom. The summed E-state index contributed by atoms with van der Waals surface area (Å²) < 4.78 is 53.8. The van der Waals surface area contributed by atoms with E-state index in [1.807, 2.05) is 50.2 Å². The van der Waals surface area contributed by atoms with Crippen LogP contribution in [0.5, 0.6) is 0 Å². The van der Waals surface area contributed by atoms with Crippen LogP contribution in [0.15, 0.2) is 59.8 Å². The number of halogens is 4. The van der Waals surface area contributed by atoms with Gasteiger partial charge in [0.15, 0.2) is 11.6 Å². The maximum absolute atomic E-state index is 13.7. The monoisotopic (exact) mass is 383 g/mol. The van der Waals surface area contributed by atoms with Crippen molar-refractivity contribution in [2.24, 2.45) is 0 Å². The smallest absolute Gasteiger partial charge is 0.360 e. The predicted molar refractivity (Wildman–Crippen MR) is 96.3 cm³/mol. The van der Waals surface area contributed by atoms with Gasteiger partial charge < -0.3 is 9.71 Å². The number of rotatable bonds is 4. The van der Waals surface area contributed by atoms with Crippen molar-refractivity contribution in [3.8, 4) is 11.3 Å². The van der Waals surface area contributed by atoms with Gasteiger partial charge in [-0.25, -0.2) is 9.37 Å². The van der Waals surface area contributed by atoms with Gasteiger partial charge >= 0.3 is 6.18 Å². The lowest BCUT2D eigenvalue weighted by molar-refractivity contribution is -0.138. The lowest BCUT2D eigenvalue weighted by Crippen LogP contribution is -2.07. The van der Waals surface area contributed by atoms with Crippen LogP contribution in [0.25, 0.3) is 11.3 Å². The largest absolute Gasteiger partial charge is 0.417 e. The first-order chi connectivity index (χ1) is 12.4. The Labute approximate surface area is 153 Å². The van der Waals surface area contributed by atoms with Gasteiger partial charge in [0.2, 0.25) is 0 Å². The fourth-order valence-electron chi connectivity index (χ4n) is 1.99. The quantitative estimate of drug-likeness (QED) is 0.406. The molecule has 2 aromatic heterocycles. The van der Waals surface area contributed by atoms with Crippen LogP contribution in [-0.2, 0) is 6.18 Å². The number of anilines is 1. The summed E-state index contributed by atoms with van der Waals surface area (Å²) >= 11 is 1.05. The van der Waals surface area contributed by atoms with Crippen molar-refractivity contribution >= 4 is 17.8 Å². The number of pyridine rings is 1. The number of nitrogens with zero attached hydrogens (tertiary/aromatic N) is 1. The molecule has 0 fully saturated rings. The SMILES string of the molecule is CC.Fc1cc(C(F)(F)F)cnc1NSc1c[nH]c(-c2ccccc2)c1. The highest BCUT2D eigenvalue weighted by atomic mass is 32.2. The molecule has 0 saturated carbocycles. The molecule has 0 radical (unpaired) electrons. The molecule has 3 nitrogen and oxygen atoms in total. The van der Waals surface area contributed by atoms with E-state index in [0.29, 0.717) is 12.3 Å². The minimum atomic E-state index is -4.62. The first kappa shape index (κ1) is 19.8. The maximum Gasteiger partial charge on any atom is 0.417 e. The first-order valence-corrected chi connectivity index (χ1v) is 8.64. The molecule has 138 valence electrons. The van der Waals surface area contributed by atoms with Crippen molar-refractivity contribution in [1.82, 2.24) is 9.97 Å². The van der Waals surface area contributed by atoms with Crippen molar-refractivity contribution in [1.29, 1.82) is 0 Å². The number of hydrogen-bond donors (Lipinski definition) is 2. The summed E-state index contributed by atoms with van der Waals surface area (Å²) in [7, 11) is 0. The molecular weight excluding hydrogens is 366 g/mol. The van der Waals surface area contributed by atoms with Crippen LogP contribution >= 0.6 is 11.9 Å². The second-order valence-electron chi connectivity index (χ2n) is 4.87. The Kier molecular flexibility index (Phi) is 6.68. The summed E-state index contributed by atoms with van der Waals surface area (Å²) in [6.07, 6.45) is -2.31. The highest BCUT2D eigenvalue weighted by molar-refractivity contribution is 8.00. The van der Waals surface area contributed by atoms with Crippen molar-refractivity contribution in [3.05, 3.63) is 66.2 Å². The first-order valence-electron chi connectivity index (χ1n) is 7.83. The van der Waals surface area contributed by atoms with E-state index < -0.39 is 17.6 Å². The van der Waals surface area contributed by atoms with E-state index in [1.165, 1.54) is 0 Å². The average Bonchev–Trinajstić information content (AvgIpc) is 3.11. The molecule has 2 heterocycles. The van der Waals surface area contributed by atoms with E-state index in [9.17, 15) is 17.6 Å². The number of H-pyrrole nitrogens is 1. The second-order valence-corrected chi connectivity index (χ2v) is 5.75. The van der Waals surface area contributed by atoms with Crippen molar-refractivity contribution in [2.75, 3.05) is 4.72 Å².